The third-order valence-corrected chi connectivity index (χ3v) is 2.64. The van der Waals surface area contributed by atoms with Gasteiger partial charge < -0.3 is 10.5 Å². The van der Waals surface area contributed by atoms with Crippen LogP contribution in [-0.2, 0) is 11.2 Å². The molecule has 0 aliphatic carbocycles. The first-order valence-corrected chi connectivity index (χ1v) is 5.39. The molecule has 4 nitrogen and oxygen atoms in total. The molecule has 0 unspecified atom stereocenters. The number of amides is 1. The van der Waals surface area contributed by atoms with Crippen LogP contribution in [0.5, 0.6) is 0 Å². The first-order valence-electron chi connectivity index (χ1n) is 4.51. The van der Waals surface area contributed by atoms with Crippen LogP contribution in [0.3, 0.4) is 0 Å². The van der Waals surface area contributed by atoms with E-state index < -0.39 is 18.1 Å². The van der Waals surface area contributed by atoms with Crippen molar-refractivity contribution in [2.45, 2.75) is 32.3 Å². The number of hydrogen-bond donors (Lipinski definition) is 1. The Labute approximate surface area is 95.4 Å². The van der Waals surface area contributed by atoms with E-state index in [-0.39, 0.29) is 11.4 Å². The average Bonchev–Trinajstić information content (AvgIpc) is 2.48. The van der Waals surface area contributed by atoms with Gasteiger partial charge in [-0.2, -0.15) is 0 Å². The Morgan fingerprint density at radius 2 is 2.31 bits per heavy atom. The van der Waals surface area contributed by atoms with Crippen LogP contribution in [0.1, 0.15) is 31.0 Å². The fourth-order valence-corrected chi connectivity index (χ4v) is 1.91. The number of carbonyl (C=O) groups is 1. The summed E-state index contributed by atoms with van der Waals surface area (Å²) in [5.74, 6) is 0. The molecule has 1 amide bonds. The van der Waals surface area contributed by atoms with Gasteiger partial charge in [0.15, 0.2) is 5.01 Å². The van der Waals surface area contributed by atoms with E-state index in [0.717, 1.165) is 11.3 Å². The second-order valence-electron chi connectivity index (χ2n) is 3.84. The highest BCUT2D eigenvalue weighted by Crippen LogP contribution is 2.25. The lowest BCUT2D eigenvalue weighted by Gasteiger charge is -2.22. The van der Waals surface area contributed by atoms with Crippen LogP contribution in [0.2, 0.25) is 0 Å². The molecule has 7 heteroatoms. The van der Waals surface area contributed by atoms with Crippen molar-refractivity contribution >= 4 is 17.4 Å². The summed E-state index contributed by atoms with van der Waals surface area (Å²) < 4.78 is 29.4. The number of aromatic nitrogens is 1. The highest BCUT2D eigenvalue weighted by molar-refractivity contribution is 7.09. The first-order chi connectivity index (χ1) is 7.30. The number of carbonyl (C=O) groups excluding carboxylic acids is 1. The molecule has 0 saturated heterocycles. The Kier molecular flexibility index (Phi) is 3.79. The Morgan fingerprint density at radius 1 is 1.69 bits per heavy atom. The summed E-state index contributed by atoms with van der Waals surface area (Å²) in [6.07, 6.45) is -3.22. The van der Waals surface area contributed by atoms with Gasteiger partial charge in [-0.15, -0.1) is 11.3 Å². The Bertz CT molecular complexity index is 379. The normalized spacial score (nSPS) is 11.8. The second kappa shape index (κ2) is 4.73. The van der Waals surface area contributed by atoms with Gasteiger partial charge in [0.05, 0.1) is 5.69 Å². The number of alkyl halides is 2. The molecule has 0 bridgehead atoms. The minimum atomic E-state index is -2.57. The summed E-state index contributed by atoms with van der Waals surface area (Å²) in [7, 11) is 0. The molecule has 0 atom stereocenters. The van der Waals surface area contributed by atoms with Crippen molar-refractivity contribution in [1.29, 1.82) is 0 Å². The number of nitrogens with two attached hydrogens (primary N) is 1. The predicted molar refractivity (Wildman–Crippen MR) is 55.5 cm³/mol. The molecule has 1 aromatic heterocycles. The van der Waals surface area contributed by atoms with E-state index >= 15 is 0 Å². The standard InChI is InChI=1S/C9H12F2N2O2S/c1-9(2,15-8(12)14)3-5-4-16-7(13-5)6(10)11/h4,6H,3H2,1-2H3,(H2,12,14). The number of nitrogens with zero attached hydrogens (tertiary/aromatic N) is 1. The van der Waals surface area contributed by atoms with Gasteiger partial charge in [0.1, 0.15) is 5.60 Å². The summed E-state index contributed by atoms with van der Waals surface area (Å²) in [6, 6.07) is 0. The lowest BCUT2D eigenvalue weighted by molar-refractivity contribution is 0.0453. The average molecular weight is 250 g/mol. The lowest BCUT2D eigenvalue weighted by Crippen LogP contribution is -2.33. The molecule has 1 heterocycles. The number of ether oxygens (including phenoxy) is 1. The number of primary amides is 1. The first kappa shape index (κ1) is 12.8. The molecule has 0 spiro atoms. The van der Waals surface area contributed by atoms with Gasteiger partial charge in [-0.05, 0) is 13.8 Å². The highest BCUT2D eigenvalue weighted by Gasteiger charge is 2.24. The van der Waals surface area contributed by atoms with Crippen LogP contribution in [0.25, 0.3) is 0 Å². The zero-order chi connectivity index (χ0) is 12.3. The molecule has 90 valence electrons. The van der Waals surface area contributed by atoms with E-state index in [0.29, 0.717) is 5.69 Å². The number of halogens is 2. The lowest BCUT2D eigenvalue weighted by atomic mass is 10.0. The third kappa shape index (κ3) is 3.73. The molecule has 0 aliphatic heterocycles. The van der Waals surface area contributed by atoms with Crippen LogP contribution in [-0.4, -0.2) is 16.7 Å². The van der Waals surface area contributed by atoms with Gasteiger partial charge in [-0.3, -0.25) is 0 Å². The maximum absolute atomic E-state index is 12.3. The smallest absolute Gasteiger partial charge is 0.405 e. The van der Waals surface area contributed by atoms with E-state index in [2.05, 4.69) is 4.98 Å². The number of hydrogen-bond acceptors (Lipinski definition) is 4. The Balaban J connectivity index is 2.68. The molecule has 0 saturated carbocycles. The molecule has 1 rings (SSSR count). The van der Waals surface area contributed by atoms with Crippen LogP contribution in [0.4, 0.5) is 13.6 Å². The highest BCUT2D eigenvalue weighted by atomic mass is 32.1. The number of rotatable bonds is 4. The van der Waals surface area contributed by atoms with Crippen molar-refractivity contribution in [1.82, 2.24) is 4.98 Å². The van der Waals surface area contributed by atoms with Crippen LogP contribution in [0, 0.1) is 0 Å². The fraction of sp³-hybridized carbons (Fsp3) is 0.556. The van der Waals surface area contributed by atoms with Gasteiger partial charge in [0.2, 0.25) is 0 Å². The van der Waals surface area contributed by atoms with E-state index in [1.165, 1.54) is 5.38 Å². The quantitative estimate of drug-likeness (QED) is 0.892. The van der Waals surface area contributed by atoms with Gasteiger partial charge in [0.25, 0.3) is 6.43 Å². The molecule has 0 fully saturated rings. The largest absolute Gasteiger partial charge is 0.443 e. The van der Waals surface area contributed by atoms with Crippen LogP contribution >= 0.6 is 11.3 Å². The molecule has 1 aromatic rings. The monoisotopic (exact) mass is 250 g/mol. The molecule has 0 radical (unpaired) electrons. The SMILES string of the molecule is CC(C)(Cc1csc(C(F)F)n1)OC(N)=O. The van der Waals surface area contributed by atoms with Crippen LogP contribution in [0.15, 0.2) is 5.38 Å². The molecule has 0 aromatic carbocycles. The van der Waals surface area contributed by atoms with Crippen molar-refractivity contribution < 1.29 is 18.3 Å². The maximum atomic E-state index is 12.3. The minimum absolute atomic E-state index is 0.232. The molecular weight excluding hydrogens is 238 g/mol. The maximum Gasteiger partial charge on any atom is 0.405 e. The van der Waals surface area contributed by atoms with Crippen LogP contribution < -0.4 is 5.73 Å². The summed E-state index contributed by atoms with van der Waals surface area (Å²) >= 11 is 0.884. The zero-order valence-electron chi connectivity index (χ0n) is 8.87. The predicted octanol–water partition coefficient (Wildman–Crippen LogP) is 2.50. The van der Waals surface area contributed by atoms with Crippen molar-refractivity contribution in [3.8, 4) is 0 Å². The molecule has 2 N–H and O–H groups in total. The van der Waals surface area contributed by atoms with Gasteiger partial charge >= 0.3 is 6.09 Å². The molecule has 0 aliphatic rings. The van der Waals surface area contributed by atoms with Gasteiger partial charge in [-0.25, -0.2) is 18.6 Å². The Morgan fingerprint density at radius 3 is 2.75 bits per heavy atom. The number of thiazole rings is 1. The van der Waals surface area contributed by atoms with E-state index in [9.17, 15) is 13.6 Å². The third-order valence-electron chi connectivity index (χ3n) is 1.74. The zero-order valence-corrected chi connectivity index (χ0v) is 9.68. The summed E-state index contributed by atoms with van der Waals surface area (Å²) in [5, 5.41) is 1.29. The topological polar surface area (TPSA) is 65.2 Å². The Hall–Kier alpha value is -1.24. The van der Waals surface area contributed by atoms with E-state index in [1.807, 2.05) is 0 Å². The minimum Gasteiger partial charge on any atom is -0.443 e. The summed E-state index contributed by atoms with van der Waals surface area (Å²) in [5.41, 5.74) is 4.50. The van der Waals surface area contributed by atoms with Crippen molar-refractivity contribution in [2.75, 3.05) is 0 Å². The van der Waals surface area contributed by atoms with Crippen molar-refractivity contribution in [2.24, 2.45) is 5.73 Å². The summed E-state index contributed by atoms with van der Waals surface area (Å²) in [4.78, 5) is 14.3. The van der Waals surface area contributed by atoms with Crippen molar-refractivity contribution in [3.05, 3.63) is 16.1 Å². The van der Waals surface area contributed by atoms with Gasteiger partial charge in [0, 0.05) is 11.8 Å². The van der Waals surface area contributed by atoms with E-state index in [4.69, 9.17) is 10.5 Å². The molecular formula is C9H12F2N2O2S. The van der Waals surface area contributed by atoms with Crippen molar-refractivity contribution in [3.63, 3.8) is 0 Å². The fourth-order valence-electron chi connectivity index (χ4n) is 1.25. The van der Waals surface area contributed by atoms with E-state index in [1.54, 1.807) is 13.8 Å². The van der Waals surface area contributed by atoms with Gasteiger partial charge in [-0.1, -0.05) is 0 Å². The second-order valence-corrected chi connectivity index (χ2v) is 4.73. The summed E-state index contributed by atoms with van der Waals surface area (Å²) in [6.45, 7) is 3.28. The molecule has 16 heavy (non-hydrogen) atoms.